The van der Waals surface area contributed by atoms with Gasteiger partial charge in [0.1, 0.15) is 11.5 Å². The van der Waals surface area contributed by atoms with E-state index in [9.17, 15) is 0 Å². The molecule has 2 aromatic rings. The van der Waals surface area contributed by atoms with Crippen molar-refractivity contribution in [2.24, 2.45) is 0 Å². The van der Waals surface area contributed by atoms with Gasteiger partial charge >= 0.3 is 0 Å². The van der Waals surface area contributed by atoms with Gasteiger partial charge in [0.05, 0.1) is 6.33 Å². The minimum Gasteiger partial charge on any atom is -0.383 e. The van der Waals surface area contributed by atoms with E-state index in [2.05, 4.69) is 30.7 Å². The molecule has 0 spiro atoms. The molecule has 2 N–H and O–H groups in total. The molecule has 4 heteroatoms. The number of rotatable bonds is 1. The number of anilines is 1. The third-order valence-electron chi connectivity index (χ3n) is 2.46. The average molecular weight is 216 g/mol. The third-order valence-corrected chi connectivity index (χ3v) is 2.46. The van der Waals surface area contributed by atoms with Crippen molar-refractivity contribution in [2.45, 2.75) is 26.3 Å². The minimum absolute atomic E-state index is 0.0580. The maximum Gasteiger partial charge on any atom is 0.132 e. The molecule has 2 heterocycles. The van der Waals surface area contributed by atoms with Crippen LogP contribution in [0.15, 0.2) is 30.9 Å². The highest BCUT2D eigenvalue weighted by Crippen LogP contribution is 2.27. The average Bonchev–Trinajstić information content (AvgIpc) is 2.61. The summed E-state index contributed by atoms with van der Waals surface area (Å²) < 4.78 is 1.97. The second kappa shape index (κ2) is 3.63. The zero-order valence-electron chi connectivity index (χ0n) is 9.81. The van der Waals surface area contributed by atoms with E-state index >= 15 is 0 Å². The molecule has 0 saturated carbocycles. The standard InChI is InChI=1S/C12H16N4/c1-12(2,3)16-8-15-10(11(16)13)9-5-4-6-14-7-9/h4-8H,13H2,1-3H3. The molecule has 4 nitrogen and oxygen atoms in total. The first-order valence-corrected chi connectivity index (χ1v) is 5.24. The molecule has 0 radical (unpaired) electrons. The van der Waals surface area contributed by atoms with Gasteiger partial charge in [-0.25, -0.2) is 4.98 Å². The largest absolute Gasteiger partial charge is 0.383 e. The van der Waals surface area contributed by atoms with Crippen molar-refractivity contribution in [3.05, 3.63) is 30.9 Å². The van der Waals surface area contributed by atoms with E-state index in [1.807, 2.05) is 16.7 Å². The van der Waals surface area contributed by atoms with E-state index in [0.29, 0.717) is 5.82 Å². The van der Waals surface area contributed by atoms with E-state index < -0.39 is 0 Å². The molecule has 0 aliphatic rings. The van der Waals surface area contributed by atoms with Gasteiger partial charge < -0.3 is 10.3 Å². The van der Waals surface area contributed by atoms with Crippen LogP contribution in [0.1, 0.15) is 20.8 Å². The first-order chi connectivity index (χ1) is 7.50. The van der Waals surface area contributed by atoms with Crippen molar-refractivity contribution in [3.63, 3.8) is 0 Å². The molecule has 0 fully saturated rings. The van der Waals surface area contributed by atoms with Crippen LogP contribution < -0.4 is 5.73 Å². The van der Waals surface area contributed by atoms with E-state index in [4.69, 9.17) is 5.73 Å². The molecule has 0 bridgehead atoms. The Balaban J connectivity index is 2.50. The number of hydrogen-bond acceptors (Lipinski definition) is 3. The Labute approximate surface area is 95.1 Å². The third kappa shape index (κ3) is 1.78. The van der Waals surface area contributed by atoms with Crippen molar-refractivity contribution in [1.82, 2.24) is 14.5 Å². The number of pyridine rings is 1. The Hall–Kier alpha value is -1.84. The molecular weight excluding hydrogens is 200 g/mol. The van der Waals surface area contributed by atoms with Crippen molar-refractivity contribution in [2.75, 3.05) is 5.73 Å². The first-order valence-electron chi connectivity index (χ1n) is 5.24. The SMILES string of the molecule is CC(C)(C)n1cnc(-c2cccnc2)c1N. The van der Waals surface area contributed by atoms with Crippen LogP contribution in [0.25, 0.3) is 11.3 Å². The number of nitrogen functional groups attached to an aromatic ring is 1. The summed E-state index contributed by atoms with van der Waals surface area (Å²) in [6.45, 7) is 6.29. The summed E-state index contributed by atoms with van der Waals surface area (Å²) in [5, 5.41) is 0. The molecule has 84 valence electrons. The van der Waals surface area contributed by atoms with E-state index in [0.717, 1.165) is 11.3 Å². The fourth-order valence-corrected chi connectivity index (χ4v) is 1.62. The lowest BCUT2D eigenvalue weighted by atomic mass is 10.1. The molecule has 0 aromatic carbocycles. The molecule has 0 atom stereocenters. The first kappa shape index (κ1) is 10.7. The van der Waals surface area contributed by atoms with Gasteiger partial charge in [-0.2, -0.15) is 0 Å². The van der Waals surface area contributed by atoms with E-state index in [-0.39, 0.29) is 5.54 Å². The zero-order valence-corrected chi connectivity index (χ0v) is 9.81. The molecule has 0 amide bonds. The van der Waals surface area contributed by atoms with Crippen molar-refractivity contribution >= 4 is 5.82 Å². The van der Waals surface area contributed by atoms with Crippen molar-refractivity contribution < 1.29 is 0 Å². The van der Waals surface area contributed by atoms with E-state index in [1.54, 1.807) is 18.7 Å². The second-order valence-electron chi connectivity index (χ2n) is 4.76. The second-order valence-corrected chi connectivity index (χ2v) is 4.76. The van der Waals surface area contributed by atoms with Crippen LogP contribution in [-0.4, -0.2) is 14.5 Å². The molecule has 0 unspecified atom stereocenters. The van der Waals surface area contributed by atoms with Gasteiger partial charge in [-0.15, -0.1) is 0 Å². The molecule has 2 aromatic heterocycles. The summed E-state index contributed by atoms with van der Waals surface area (Å²) >= 11 is 0. The van der Waals surface area contributed by atoms with Gasteiger partial charge in [0.25, 0.3) is 0 Å². The van der Waals surface area contributed by atoms with Crippen molar-refractivity contribution in [1.29, 1.82) is 0 Å². The fraction of sp³-hybridized carbons (Fsp3) is 0.333. The highest BCUT2D eigenvalue weighted by Gasteiger charge is 2.18. The topological polar surface area (TPSA) is 56.7 Å². The summed E-state index contributed by atoms with van der Waals surface area (Å²) in [4.78, 5) is 8.42. The number of nitrogens with two attached hydrogens (primary N) is 1. The molecule has 0 saturated heterocycles. The summed E-state index contributed by atoms with van der Waals surface area (Å²) in [5.74, 6) is 0.681. The zero-order chi connectivity index (χ0) is 11.8. The number of aromatic nitrogens is 3. The van der Waals surface area contributed by atoms with Gasteiger partial charge in [0.2, 0.25) is 0 Å². The van der Waals surface area contributed by atoms with Gasteiger partial charge in [-0.05, 0) is 32.9 Å². The fourth-order valence-electron chi connectivity index (χ4n) is 1.62. The van der Waals surface area contributed by atoms with Crippen LogP contribution >= 0.6 is 0 Å². The van der Waals surface area contributed by atoms with Gasteiger partial charge in [0, 0.05) is 23.5 Å². The lowest BCUT2D eigenvalue weighted by Gasteiger charge is -2.22. The van der Waals surface area contributed by atoms with Gasteiger partial charge in [0.15, 0.2) is 0 Å². The maximum absolute atomic E-state index is 6.09. The molecule has 0 aliphatic heterocycles. The van der Waals surface area contributed by atoms with Crippen LogP contribution in [0.4, 0.5) is 5.82 Å². The lowest BCUT2D eigenvalue weighted by molar-refractivity contribution is 0.402. The van der Waals surface area contributed by atoms with Crippen LogP contribution in [0.5, 0.6) is 0 Å². The Morgan fingerprint density at radius 1 is 1.31 bits per heavy atom. The predicted octanol–water partition coefficient (Wildman–Crippen LogP) is 2.28. The van der Waals surface area contributed by atoms with Gasteiger partial charge in [-0.3, -0.25) is 4.98 Å². The Kier molecular flexibility index (Phi) is 2.42. The summed E-state index contributed by atoms with van der Waals surface area (Å²) in [7, 11) is 0. The number of nitrogens with zero attached hydrogens (tertiary/aromatic N) is 3. The highest BCUT2D eigenvalue weighted by molar-refractivity contribution is 5.69. The van der Waals surface area contributed by atoms with Gasteiger partial charge in [-0.1, -0.05) is 0 Å². The highest BCUT2D eigenvalue weighted by atomic mass is 15.2. The predicted molar refractivity (Wildman–Crippen MR) is 64.9 cm³/mol. The molecular formula is C12H16N4. The summed E-state index contributed by atoms with van der Waals surface area (Å²) in [6, 6.07) is 3.84. The Bertz CT molecular complexity index is 479. The monoisotopic (exact) mass is 216 g/mol. The quantitative estimate of drug-likeness (QED) is 0.795. The van der Waals surface area contributed by atoms with Crippen LogP contribution in [0, 0.1) is 0 Å². The lowest BCUT2D eigenvalue weighted by Crippen LogP contribution is -2.22. The van der Waals surface area contributed by atoms with Crippen LogP contribution in [0.3, 0.4) is 0 Å². The Morgan fingerprint density at radius 3 is 2.56 bits per heavy atom. The number of hydrogen-bond donors (Lipinski definition) is 1. The van der Waals surface area contributed by atoms with Crippen molar-refractivity contribution in [3.8, 4) is 11.3 Å². The normalized spacial score (nSPS) is 11.7. The molecule has 16 heavy (non-hydrogen) atoms. The molecule has 0 aliphatic carbocycles. The number of imidazole rings is 1. The maximum atomic E-state index is 6.09. The minimum atomic E-state index is -0.0580. The van der Waals surface area contributed by atoms with Crippen LogP contribution in [-0.2, 0) is 5.54 Å². The molecule has 2 rings (SSSR count). The Morgan fingerprint density at radius 2 is 2.06 bits per heavy atom. The van der Waals surface area contributed by atoms with E-state index in [1.165, 1.54) is 0 Å². The van der Waals surface area contributed by atoms with Crippen LogP contribution in [0.2, 0.25) is 0 Å². The summed E-state index contributed by atoms with van der Waals surface area (Å²) in [6.07, 6.45) is 5.28. The smallest absolute Gasteiger partial charge is 0.132 e. The summed E-state index contributed by atoms with van der Waals surface area (Å²) in [5.41, 5.74) is 7.78.